The number of aromatic nitrogens is 3. The van der Waals surface area contributed by atoms with E-state index in [0.717, 1.165) is 29.9 Å². The lowest BCUT2D eigenvalue weighted by molar-refractivity contribution is -0.106. The number of anilines is 1. The number of ether oxygens (including phenoxy) is 2. The van der Waals surface area contributed by atoms with Crippen molar-refractivity contribution < 1.29 is 9.47 Å². The lowest BCUT2D eigenvalue weighted by Gasteiger charge is -2.43. The third kappa shape index (κ3) is 2.48. The number of H-pyrrole nitrogens is 1. The van der Waals surface area contributed by atoms with Crippen LogP contribution >= 0.6 is 0 Å². The van der Waals surface area contributed by atoms with Crippen molar-refractivity contribution in [1.82, 2.24) is 15.0 Å². The van der Waals surface area contributed by atoms with E-state index in [9.17, 15) is 0 Å². The van der Waals surface area contributed by atoms with Gasteiger partial charge >= 0.3 is 0 Å². The van der Waals surface area contributed by atoms with Gasteiger partial charge in [0.05, 0.1) is 23.7 Å². The van der Waals surface area contributed by atoms with Gasteiger partial charge in [0.2, 0.25) is 0 Å². The lowest BCUT2D eigenvalue weighted by atomic mass is 10.1. The second-order valence-electron chi connectivity index (χ2n) is 5.77. The number of hydrogen-bond donors (Lipinski definition) is 1. The minimum Gasteiger partial charge on any atom is -0.382 e. The molecule has 1 atom stereocenters. The second kappa shape index (κ2) is 5.03. The molecule has 1 aliphatic rings. The van der Waals surface area contributed by atoms with Crippen LogP contribution in [-0.2, 0) is 9.47 Å². The molecule has 0 spiro atoms. The second-order valence-corrected chi connectivity index (χ2v) is 5.77. The van der Waals surface area contributed by atoms with Gasteiger partial charge in [-0.25, -0.2) is 9.97 Å². The van der Waals surface area contributed by atoms with Crippen molar-refractivity contribution >= 4 is 16.9 Å². The summed E-state index contributed by atoms with van der Waals surface area (Å²) in [5.41, 5.74) is 0.636. The van der Waals surface area contributed by atoms with Crippen molar-refractivity contribution in [2.45, 2.75) is 25.6 Å². The molecule has 1 aliphatic heterocycles. The number of morpholine rings is 1. The summed E-state index contributed by atoms with van der Waals surface area (Å²) in [6.07, 6.45) is 3.54. The van der Waals surface area contributed by atoms with E-state index < -0.39 is 0 Å². The Labute approximate surface area is 118 Å². The van der Waals surface area contributed by atoms with Gasteiger partial charge in [0, 0.05) is 26.4 Å². The zero-order valence-corrected chi connectivity index (χ0v) is 12.1. The highest BCUT2D eigenvalue weighted by Crippen LogP contribution is 2.28. The number of nitrogens with one attached hydrogen (secondary N) is 1. The van der Waals surface area contributed by atoms with Gasteiger partial charge in [0.25, 0.3) is 0 Å². The van der Waals surface area contributed by atoms with Gasteiger partial charge in [0.15, 0.2) is 0 Å². The highest BCUT2D eigenvalue weighted by Gasteiger charge is 2.34. The Bertz CT molecular complexity index is 596. The first kappa shape index (κ1) is 13.3. The van der Waals surface area contributed by atoms with Crippen LogP contribution in [0.3, 0.4) is 0 Å². The van der Waals surface area contributed by atoms with Crippen molar-refractivity contribution in [3.63, 3.8) is 0 Å². The topological polar surface area (TPSA) is 63.3 Å². The first-order valence-corrected chi connectivity index (χ1v) is 6.79. The molecule has 2 aromatic rings. The average molecular weight is 276 g/mol. The van der Waals surface area contributed by atoms with E-state index in [1.807, 2.05) is 12.3 Å². The van der Waals surface area contributed by atoms with Crippen LogP contribution in [0, 0.1) is 0 Å². The van der Waals surface area contributed by atoms with Crippen LogP contribution in [-0.4, -0.2) is 53.5 Å². The fraction of sp³-hybridized carbons (Fsp3) is 0.571. The quantitative estimate of drug-likeness (QED) is 0.922. The molecule has 0 radical (unpaired) electrons. The molecule has 108 valence electrons. The van der Waals surface area contributed by atoms with Gasteiger partial charge < -0.3 is 19.4 Å². The zero-order chi connectivity index (χ0) is 14.2. The largest absolute Gasteiger partial charge is 0.382 e. The number of fused-ring (bicyclic) bond motifs is 1. The predicted octanol–water partition coefficient (Wildman–Crippen LogP) is 1.59. The summed E-state index contributed by atoms with van der Waals surface area (Å²) in [5, 5.41) is 1.04. The number of hydrogen-bond acceptors (Lipinski definition) is 5. The molecule has 1 unspecified atom stereocenters. The summed E-state index contributed by atoms with van der Waals surface area (Å²) >= 11 is 0. The van der Waals surface area contributed by atoms with Crippen molar-refractivity contribution in [1.29, 1.82) is 0 Å². The molecular formula is C14H20N4O2. The molecule has 0 saturated carbocycles. The fourth-order valence-corrected chi connectivity index (χ4v) is 2.84. The molecule has 6 heteroatoms. The first-order valence-electron chi connectivity index (χ1n) is 6.79. The zero-order valence-electron chi connectivity index (χ0n) is 12.1. The Hall–Kier alpha value is -1.66. The van der Waals surface area contributed by atoms with Crippen molar-refractivity contribution in [3.8, 4) is 0 Å². The molecule has 20 heavy (non-hydrogen) atoms. The smallest absolute Gasteiger partial charge is 0.142 e. The number of nitrogens with zero attached hydrogens (tertiary/aromatic N) is 3. The lowest BCUT2D eigenvalue weighted by Crippen LogP contribution is -2.54. The third-order valence-electron chi connectivity index (χ3n) is 3.47. The van der Waals surface area contributed by atoms with Crippen LogP contribution in [0.5, 0.6) is 0 Å². The number of rotatable bonds is 3. The Morgan fingerprint density at radius 1 is 1.50 bits per heavy atom. The summed E-state index contributed by atoms with van der Waals surface area (Å²) < 4.78 is 11.3. The van der Waals surface area contributed by atoms with Gasteiger partial charge in [-0.15, -0.1) is 0 Å². The number of methoxy groups -OCH3 is 1. The molecule has 3 heterocycles. The maximum Gasteiger partial charge on any atom is 0.142 e. The summed E-state index contributed by atoms with van der Waals surface area (Å²) in [6, 6.07) is 2.01. The van der Waals surface area contributed by atoms with Gasteiger partial charge in [0.1, 0.15) is 17.8 Å². The van der Waals surface area contributed by atoms with Crippen LogP contribution in [0.4, 0.5) is 5.82 Å². The SMILES string of the molecule is COCC1CN(c2ncnc3[nH]ccc23)CC(C)(C)O1. The van der Waals surface area contributed by atoms with Crippen molar-refractivity contribution in [3.05, 3.63) is 18.6 Å². The highest BCUT2D eigenvalue weighted by atomic mass is 16.5. The molecular weight excluding hydrogens is 256 g/mol. The van der Waals surface area contributed by atoms with E-state index >= 15 is 0 Å². The van der Waals surface area contributed by atoms with Crippen LogP contribution in [0.25, 0.3) is 11.0 Å². The van der Waals surface area contributed by atoms with Gasteiger partial charge in [-0.2, -0.15) is 0 Å². The normalized spacial score (nSPS) is 22.4. The van der Waals surface area contributed by atoms with Crippen LogP contribution < -0.4 is 4.90 Å². The highest BCUT2D eigenvalue weighted by molar-refractivity contribution is 5.87. The maximum absolute atomic E-state index is 6.04. The Kier molecular flexibility index (Phi) is 3.35. The number of aromatic amines is 1. The van der Waals surface area contributed by atoms with E-state index in [4.69, 9.17) is 9.47 Å². The standard InChI is InChI=1S/C14H20N4O2/c1-14(2)8-18(6-10(20-14)7-19-3)13-11-4-5-15-12(11)16-9-17-13/h4-5,9-10H,6-8H2,1-3H3,(H,15,16,17). The summed E-state index contributed by atoms with van der Waals surface area (Å²) in [4.78, 5) is 14.1. The predicted molar refractivity (Wildman–Crippen MR) is 76.9 cm³/mol. The molecule has 6 nitrogen and oxygen atoms in total. The fourth-order valence-electron chi connectivity index (χ4n) is 2.84. The average Bonchev–Trinajstić information content (AvgIpc) is 2.85. The minimum absolute atomic E-state index is 0.0488. The van der Waals surface area contributed by atoms with E-state index in [1.54, 1.807) is 13.4 Å². The van der Waals surface area contributed by atoms with Gasteiger partial charge in [-0.05, 0) is 19.9 Å². The summed E-state index contributed by atoms with van der Waals surface area (Å²) in [7, 11) is 1.70. The van der Waals surface area contributed by atoms with Gasteiger partial charge in [-0.3, -0.25) is 0 Å². The van der Waals surface area contributed by atoms with E-state index in [2.05, 4.69) is 33.7 Å². The Balaban J connectivity index is 1.94. The Morgan fingerprint density at radius 3 is 3.15 bits per heavy atom. The molecule has 0 amide bonds. The third-order valence-corrected chi connectivity index (χ3v) is 3.47. The molecule has 1 saturated heterocycles. The minimum atomic E-state index is -0.227. The molecule has 2 aromatic heterocycles. The van der Waals surface area contributed by atoms with Gasteiger partial charge in [-0.1, -0.05) is 0 Å². The summed E-state index contributed by atoms with van der Waals surface area (Å²) in [6.45, 7) is 6.34. The molecule has 1 fully saturated rings. The van der Waals surface area contributed by atoms with E-state index in [1.165, 1.54) is 0 Å². The molecule has 0 bridgehead atoms. The molecule has 0 aliphatic carbocycles. The monoisotopic (exact) mass is 276 g/mol. The van der Waals surface area contributed by atoms with Crippen LogP contribution in [0.1, 0.15) is 13.8 Å². The van der Waals surface area contributed by atoms with Crippen molar-refractivity contribution in [2.75, 3.05) is 31.7 Å². The summed E-state index contributed by atoms with van der Waals surface area (Å²) in [5.74, 6) is 0.953. The van der Waals surface area contributed by atoms with E-state index in [0.29, 0.717) is 6.61 Å². The first-order chi connectivity index (χ1) is 9.59. The Morgan fingerprint density at radius 2 is 2.35 bits per heavy atom. The van der Waals surface area contributed by atoms with Crippen molar-refractivity contribution in [2.24, 2.45) is 0 Å². The van der Waals surface area contributed by atoms with Crippen LogP contribution in [0.15, 0.2) is 18.6 Å². The van der Waals surface area contributed by atoms with Crippen LogP contribution in [0.2, 0.25) is 0 Å². The van der Waals surface area contributed by atoms with E-state index in [-0.39, 0.29) is 11.7 Å². The maximum atomic E-state index is 6.04. The molecule has 0 aromatic carbocycles. The molecule has 3 rings (SSSR count). The molecule has 1 N–H and O–H groups in total.